The topological polar surface area (TPSA) is 62.1 Å². The van der Waals surface area contributed by atoms with Gasteiger partial charge in [-0.1, -0.05) is 46.3 Å². The molecule has 0 atom stereocenters. The number of halogens is 1. The van der Waals surface area contributed by atoms with Gasteiger partial charge in [0.2, 0.25) is 0 Å². The molecule has 1 aliphatic heterocycles. The molecule has 0 bridgehead atoms. The molecule has 0 spiro atoms. The van der Waals surface area contributed by atoms with Crippen molar-refractivity contribution in [2.24, 2.45) is 5.10 Å². The van der Waals surface area contributed by atoms with Crippen LogP contribution in [0.2, 0.25) is 0 Å². The van der Waals surface area contributed by atoms with E-state index in [0.717, 1.165) is 26.9 Å². The van der Waals surface area contributed by atoms with Crippen molar-refractivity contribution in [2.45, 2.75) is 27.0 Å². The van der Waals surface area contributed by atoms with Crippen molar-refractivity contribution in [2.75, 3.05) is 0 Å². The van der Waals surface area contributed by atoms with Crippen LogP contribution in [0, 0.1) is 0 Å². The number of benzene rings is 2. The molecular formula is C20H19BrN2O3. The van der Waals surface area contributed by atoms with E-state index in [9.17, 15) is 9.90 Å². The normalized spacial score (nSPS) is 13.3. The van der Waals surface area contributed by atoms with Crippen molar-refractivity contribution in [1.82, 2.24) is 5.01 Å². The maximum atomic E-state index is 12.0. The number of fused-ring (bicyclic) bond motifs is 1. The molecule has 0 saturated heterocycles. The van der Waals surface area contributed by atoms with E-state index in [1.807, 2.05) is 62.4 Å². The van der Waals surface area contributed by atoms with E-state index < -0.39 is 5.97 Å². The summed E-state index contributed by atoms with van der Waals surface area (Å²) in [5.41, 5.74) is 3.52. The monoisotopic (exact) mass is 414 g/mol. The highest BCUT2D eigenvalue weighted by Gasteiger charge is 2.31. The lowest BCUT2D eigenvalue weighted by atomic mass is 10.0. The highest BCUT2D eigenvalue weighted by molar-refractivity contribution is 9.10. The summed E-state index contributed by atoms with van der Waals surface area (Å²) in [5, 5.41) is 15.7. The summed E-state index contributed by atoms with van der Waals surface area (Å²) in [5.74, 6) is -0.730. The fourth-order valence-corrected chi connectivity index (χ4v) is 3.22. The van der Waals surface area contributed by atoms with E-state index in [1.165, 1.54) is 5.01 Å². The van der Waals surface area contributed by atoms with E-state index in [4.69, 9.17) is 4.74 Å². The average Bonchev–Trinajstić information content (AvgIpc) is 2.59. The van der Waals surface area contributed by atoms with E-state index in [0.29, 0.717) is 12.3 Å². The van der Waals surface area contributed by atoms with Gasteiger partial charge in [-0.15, -0.1) is 0 Å². The van der Waals surface area contributed by atoms with Gasteiger partial charge >= 0.3 is 5.97 Å². The Morgan fingerprint density at radius 2 is 1.96 bits per heavy atom. The summed E-state index contributed by atoms with van der Waals surface area (Å²) in [4.78, 5) is 12.0. The highest BCUT2D eigenvalue weighted by atomic mass is 79.9. The number of carboxylic acids is 1. The lowest BCUT2D eigenvalue weighted by Crippen LogP contribution is -2.29. The molecule has 1 N–H and O–H groups in total. The molecule has 0 aliphatic carbocycles. The number of hydrogen-bond donors (Lipinski definition) is 1. The third-order valence-electron chi connectivity index (χ3n) is 3.85. The molecule has 0 saturated carbocycles. The highest BCUT2D eigenvalue weighted by Crippen LogP contribution is 2.35. The Balaban J connectivity index is 2.08. The summed E-state index contributed by atoms with van der Waals surface area (Å²) in [6, 6.07) is 15.4. The Hall–Kier alpha value is -2.60. The Morgan fingerprint density at radius 1 is 1.23 bits per heavy atom. The third-order valence-corrected chi connectivity index (χ3v) is 4.35. The number of nitrogens with zero attached hydrogens (tertiary/aromatic N) is 2. The minimum absolute atomic E-state index is 0.0527. The van der Waals surface area contributed by atoms with Gasteiger partial charge < -0.3 is 9.84 Å². The quantitative estimate of drug-likeness (QED) is 0.724. The second-order valence-corrected chi connectivity index (χ2v) is 7.08. The number of aliphatic carboxylic acids is 1. The molecule has 2 aromatic rings. The average molecular weight is 415 g/mol. The molecule has 1 aliphatic rings. The van der Waals surface area contributed by atoms with Crippen LogP contribution in [0.25, 0.3) is 5.76 Å². The molecule has 0 radical (unpaired) electrons. The summed E-state index contributed by atoms with van der Waals surface area (Å²) >= 11 is 3.47. The standard InChI is InChI=1S/C20H19BrN2O3/c1-13(2)22-23-11-15-10-16(21)8-9-17(15)19(18(23)20(24)25)26-12-14-6-4-3-5-7-14/h3-10H,11-12H2,1-2H3,(H,24,25). The Bertz CT molecular complexity index is 887. The second kappa shape index (κ2) is 7.74. The van der Waals surface area contributed by atoms with Crippen LogP contribution in [-0.2, 0) is 22.7 Å². The van der Waals surface area contributed by atoms with E-state index in [-0.39, 0.29) is 12.3 Å². The number of rotatable bonds is 5. The lowest BCUT2D eigenvalue weighted by Gasteiger charge is -2.29. The molecule has 0 fully saturated rings. The number of hydrogen-bond acceptors (Lipinski definition) is 4. The molecule has 134 valence electrons. The van der Waals surface area contributed by atoms with Crippen molar-refractivity contribution in [1.29, 1.82) is 0 Å². The Morgan fingerprint density at radius 3 is 2.62 bits per heavy atom. The van der Waals surface area contributed by atoms with Gasteiger partial charge in [-0.25, -0.2) is 4.79 Å². The maximum Gasteiger partial charge on any atom is 0.358 e. The molecule has 26 heavy (non-hydrogen) atoms. The maximum absolute atomic E-state index is 12.0. The van der Waals surface area contributed by atoms with Crippen molar-refractivity contribution >= 4 is 33.4 Å². The van der Waals surface area contributed by atoms with E-state index in [2.05, 4.69) is 21.0 Å². The minimum atomic E-state index is -1.06. The zero-order valence-electron chi connectivity index (χ0n) is 14.6. The van der Waals surface area contributed by atoms with E-state index in [1.54, 1.807) is 0 Å². The number of carboxylic acid groups (broad SMARTS) is 1. The second-order valence-electron chi connectivity index (χ2n) is 6.16. The van der Waals surface area contributed by atoms with Crippen molar-refractivity contribution in [3.63, 3.8) is 0 Å². The van der Waals surface area contributed by atoms with Crippen LogP contribution in [0.4, 0.5) is 0 Å². The van der Waals surface area contributed by atoms with Crippen molar-refractivity contribution in [3.05, 3.63) is 75.4 Å². The van der Waals surface area contributed by atoms with E-state index >= 15 is 0 Å². The van der Waals surface area contributed by atoms with Crippen LogP contribution in [0.1, 0.15) is 30.5 Å². The van der Waals surface area contributed by atoms with Crippen LogP contribution in [0.15, 0.2) is 63.8 Å². The first-order valence-corrected chi connectivity index (χ1v) is 8.97. The Labute approximate surface area is 160 Å². The van der Waals surface area contributed by atoms with Crippen LogP contribution in [0.3, 0.4) is 0 Å². The molecule has 6 heteroatoms. The van der Waals surface area contributed by atoms with Gasteiger partial charge in [-0.05, 0) is 43.2 Å². The van der Waals surface area contributed by atoms with Crippen LogP contribution >= 0.6 is 15.9 Å². The summed E-state index contributed by atoms with van der Waals surface area (Å²) in [7, 11) is 0. The zero-order chi connectivity index (χ0) is 18.7. The number of hydrazone groups is 1. The third kappa shape index (κ3) is 3.96. The molecular weight excluding hydrogens is 396 g/mol. The largest absolute Gasteiger partial charge is 0.486 e. The lowest BCUT2D eigenvalue weighted by molar-refractivity contribution is -0.134. The molecule has 1 heterocycles. The molecule has 2 aromatic carbocycles. The number of carbonyl (C=O) groups is 1. The Kier molecular flexibility index (Phi) is 5.42. The summed E-state index contributed by atoms with van der Waals surface area (Å²) in [6.45, 7) is 4.33. The molecule has 5 nitrogen and oxygen atoms in total. The smallest absolute Gasteiger partial charge is 0.358 e. The molecule has 0 amide bonds. The zero-order valence-corrected chi connectivity index (χ0v) is 16.2. The molecule has 3 rings (SSSR count). The molecule has 0 unspecified atom stereocenters. The first-order chi connectivity index (χ1) is 12.5. The van der Waals surface area contributed by atoms with Crippen molar-refractivity contribution < 1.29 is 14.6 Å². The fraction of sp³-hybridized carbons (Fsp3) is 0.200. The predicted molar refractivity (Wildman–Crippen MR) is 104 cm³/mol. The van der Waals surface area contributed by atoms with Gasteiger partial charge in [0.1, 0.15) is 6.61 Å². The van der Waals surface area contributed by atoms with Crippen LogP contribution in [-0.4, -0.2) is 21.8 Å². The van der Waals surface area contributed by atoms with Gasteiger partial charge in [-0.3, -0.25) is 5.01 Å². The van der Waals surface area contributed by atoms with Gasteiger partial charge in [0, 0.05) is 15.7 Å². The van der Waals surface area contributed by atoms with Crippen LogP contribution < -0.4 is 0 Å². The summed E-state index contributed by atoms with van der Waals surface area (Å²) in [6.07, 6.45) is 0. The molecule has 0 aromatic heterocycles. The van der Waals surface area contributed by atoms with Crippen molar-refractivity contribution in [3.8, 4) is 0 Å². The van der Waals surface area contributed by atoms with Crippen LogP contribution in [0.5, 0.6) is 0 Å². The summed E-state index contributed by atoms with van der Waals surface area (Å²) < 4.78 is 6.92. The van der Waals surface area contributed by atoms with Gasteiger partial charge in [0.15, 0.2) is 11.5 Å². The van der Waals surface area contributed by atoms with Gasteiger partial charge in [0.05, 0.1) is 6.54 Å². The van der Waals surface area contributed by atoms with Gasteiger partial charge in [-0.2, -0.15) is 5.10 Å². The fourth-order valence-electron chi connectivity index (χ4n) is 2.81. The number of ether oxygens (including phenoxy) is 1. The minimum Gasteiger partial charge on any atom is -0.486 e. The predicted octanol–water partition coefficient (Wildman–Crippen LogP) is 4.63. The first-order valence-electron chi connectivity index (χ1n) is 8.18. The SMILES string of the molecule is CC(C)=NN1Cc2cc(Br)ccc2C(OCc2ccccc2)=C1C(=O)O. The first kappa shape index (κ1) is 18.2. The van der Waals surface area contributed by atoms with Gasteiger partial charge in [0.25, 0.3) is 0 Å².